The van der Waals surface area contributed by atoms with Gasteiger partial charge < -0.3 is 9.73 Å². The van der Waals surface area contributed by atoms with Gasteiger partial charge in [0, 0.05) is 24.1 Å². The molecule has 0 saturated heterocycles. The number of rotatable bonds is 2. The lowest BCUT2D eigenvalue weighted by Gasteiger charge is -2.17. The highest BCUT2D eigenvalue weighted by Gasteiger charge is 2.36. The van der Waals surface area contributed by atoms with E-state index < -0.39 is 0 Å². The van der Waals surface area contributed by atoms with Crippen molar-refractivity contribution in [1.82, 2.24) is 5.32 Å². The molecule has 1 aromatic rings. The fraction of sp³-hybridized carbons (Fsp3) is 0.667. The number of fused-ring (bicyclic) bond motifs is 1. The first kappa shape index (κ1) is 8.54. The summed E-state index contributed by atoms with van der Waals surface area (Å²) < 4.78 is 5.69. The van der Waals surface area contributed by atoms with Crippen LogP contribution < -0.4 is 5.32 Å². The largest absolute Gasteiger partial charge is 0.466 e. The minimum atomic E-state index is 0.551. The maximum absolute atomic E-state index is 5.69. The monoisotopic (exact) mass is 191 g/mol. The average Bonchev–Trinajstić information content (AvgIpc) is 2.81. The Balaban J connectivity index is 1.87. The molecule has 2 nitrogen and oxygen atoms in total. The fourth-order valence-electron chi connectivity index (χ4n) is 2.48. The summed E-state index contributed by atoms with van der Waals surface area (Å²) in [5, 5.41) is 3.71. The fourth-order valence-corrected chi connectivity index (χ4v) is 2.48. The molecule has 1 aromatic heterocycles. The second kappa shape index (κ2) is 2.86. The second-order valence-electron chi connectivity index (χ2n) is 4.84. The van der Waals surface area contributed by atoms with E-state index in [-0.39, 0.29) is 0 Å². The summed E-state index contributed by atoms with van der Waals surface area (Å²) in [5.74, 6) is 2.97. The lowest BCUT2D eigenvalue weighted by Crippen LogP contribution is -2.25. The molecule has 1 N–H and O–H groups in total. The van der Waals surface area contributed by atoms with Gasteiger partial charge in [0.15, 0.2) is 0 Å². The molecule has 1 heterocycles. The number of nitrogens with one attached hydrogen (secondary N) is 1. The Hall–Kier alpha value is -0.760. The Morgan fingerprint density at radius 2 is 2.21 bits per heavy atom. The lowest BCUT2D eigenvalue weighted by molar-refractivity contribution is 0.397. The molecular weight excluding hydrogens is 174 g/mol. The highest BCUT2D eigenvalue weighted by Crippen LogP contribution is 2.39. The predicted molar refractivity (Wildman–Crippen MR) is 55.2 cm³/mol. The third-order valence-corrected chi connectivity index (χ3v) is 3.37. The van der Waals surface area contributed by atoms with E-state index in [1.807, 2.05) is 6.92 Å². The summed E-state index contributed by atoms with van der Waals surface area (Å²) in [5.41, 5.74) is 1.42. The Labute approximate surface area is 84.7 Å². The van der Waals surface area contributed by atoms with Crippen molar-refractivity contribution < 1.29 is 4.42 Å². The first-order valence-electron chi connectivity index (χ1n) is 5.59. The standard InChI is InChI=1S/C12H17NO/c1-7-5-11-10(6-8(2)14-11)12(7)13-9-3-4-9/h6-7,9,12-13H,3-5H2,1-2H3. The molecule has 0 amide bonds. The molecule has 14 heavy (non-hydrogen) atoms. The molecular formula is C12H17NO. The van der Waals surface area contributed by atoms with Crippen LogP contribution in [0.25, 0.3) is 0 Å². The molecule has 2 heteroatoms. The predicted octanol–water partition coefficient (Wildman–Crippen LogP) is 2.57. The Morgan fingerprint density at radius 1 is 1.43 bits per heavy atom. The van der Waals surface area contributed by atoms with Crippen LogP contribution in [0.1, 0.15) is 42.9 Å². The first-order valence-corrected chi connectivity index (χ1v) is 5.59. The van der Waals surface area contributed by atoms with E-state index in [4.69, 9.17) is 4.42 Å². The van der Waals surface area contributed by atoms with Gasteiger partial charge in [-0.25, -0.2) is 0 Å². The van der Waals surface area contributed by atoms with Crippen LogP contribution in [0.15, 0.2) is 10.5 Å². The molecule has 1 saturated carbocycles. The van der Waals surface area contributed by atoms with Crippen molar-refractivity contribution in [1.29, 1.82) is 0 Å². The molecule has 3 rings (SSSR count). The summed E-state index contributed by atoms with van der Waals surface area (Å²) in [6.45, 7) is 4.35. The third-order valence-electron chi connectivity index (χ3n) is 3.37. The molecule has 2 aliphatic rings. The van der Waals surface area contributed by atoms with Crippen LogP contribution in [-0.2, 0) is 6.42 Å². The number of hydrogen-bond acceptors (Lipinski definition) is 2. The molecule has 1 fully saturated rings. The van der Waals surface area contributed by atoms with Gasteiger partial charge in [0.05, 0.1) is 0 Å². The Kier molecular flexibility index (Phi) is 1.75. The zero-order valence-corrected chi connectivity index (χ0v) is 8.84. The third kappa shape index (κ3) is 1.29. The van der Waals surface area contributed by atoms with Gasteiger partial charge in [-0.05, 0) is 31.7 Å². The topological polar surface area (TPSA) is 25.2 Å². The van der Waals surface area contributed by atoms with Crippen molar-refractivity contribution in [3.05, 3.63) is 23.2 Å². The summed E-state index contributed by atoms with van der Waals surface area (Å²) in [7, 11) is 0. The smallest absolute Gasteiger partial charge is 0.109 e. The molecule has 2 atom stereocenters. The van der Waals surface area contributed by atoms with Crippen LogP contribution in [-0.4, -0.2) is 6.04 Å². The molecule has 0 bridgehead atoms. The van der Waals surface area contributed by atoms with Gasteiger partial charge in [-0.2, -0.15) is 0 Å². The van der Waals surface area contributed by atoms with Crippen LogP contribution in [0.3, 0.4) is 0 Å². The van der Waals surface area contributed by atoms with Crippen molar-refractivity contribution in [3.63, 3.8) is 0 Å². The number of aryl methyl sites for hydroxylation is 1. The van der Waals surface area contributed by atoms with Crippen molar-refractivity contribution in [2.24, 2.45) is 5.92 Å². The van der Waals surface area contributed by atoms with Gasteiger partial charge in [-0.15, -0.1) is 0 Å². The van der Waals surface area contributed by atoms with Gasteiger partial charge in [-0.3, -0.25) is 0 Å². The molecule has 2 aliphatic carbocycles. The number of hydrogen-bond donors (Lipinski definition) is 1. The van der Waals surface area contributed by atoms with E-state index in [0.717, 1.165) is 18.2 Å². The van der Waals surface area contributed by atoms with E-state index in [1.165, 1.54) is 24.2 Å². The van der Waals surface area contributed by atoms with Crippen molar-refractivity contribution in [2.45, 2.75) is 45.2 Å². The Morgan fingerprint density at radius 3 is 2.93 bits per heavy atom. The number of furan rings is 1. The molecule has 0 aliphatic heterocycles. The lowest BCUT2D eigenvalue weighted by atomic mass is 10.0. The van der Waals surface area contributed by atoms with Crippen LogP contribution in [0.5, 0.6) is 0 Å². The molecule has 0 aromatic carbocycles. The normalized spacial score (nSPS) is 30.7. The first-order chi connectivity index (χ1) is 6.74. The minimum Gasteiger partial charge on any atom is -0.466 e. The highest BCUT2D eigenvalue weighted by atomic mass is 16.3. The maximum atomic E-state index is 5.69. The average molecular weight is 191 g/mol. The van der Waals surface area contributed by atoms with Crippen LogP contribution in [0, 0.1) is 12.8 Å². The SMILES string of the molecule is Cc1cc2c(o1)CC(C)C2NC1CC1. The zero-order chi connectivity index (χ0) is 9.71. The van der Waals surface area contributed by atoms with Crippen molar-refractivity contribution >= 4 is 0 Å². The van der Waals surface area contributed by atoms with Gasteiger partial charge >= 0.3 is 0 Å². The summed E-state index contributed by atoms with van der Waals surface area (Å²) in [6, 6.07) is 3.54. The Bertz CT molecular complexity index is 351. The molecule has 0 spiro atoms. The van der Waals surface area contributed by atoms with Gasteiger partial charge in [-0.1, -0.05) is 6.92 Å². The van der Waals surface area contributed by atoms with Crippen molar-refractivity contribution in [3.8, 4) is 0 Å². The zero-order valence-electron chi connectivity index (χ0n) is 8.84. The van der Waals surface area contributed by atoms with Gasteiger partial charge in [0.1, 0.15) is 11.5 Å². The van der Waals surface area contributed by atoms with E-state index in [2.05, 4.69) is 18.3 Å². The van der Waals surface area contributed by atoms with Gasteiger partial charge in [0.2, 0.25) is 0 Å². The van der Waals surface area contributed by atoms with E-state index >= 15 is 0 Å². The van der Waals surface area contributed by atoms with Crippen LogP contribution in [0.2, 0.25) is 0 Å². The van der Waals surface area contributed by atoms with E-state index in [0.29, 0.717) is 12.0 Å². The summed E-state index contributed by atoms with van der Waals surface area (Å²) in [6.07, 6.45) is 3.82. The maximum Gasteiger partial charge on any atom is 0.109 e. The molecule has 2 unspecified atom stereocenters. The van der Waals surface area contributed by atoms with Crippen molar-refractivity contribution in [2.75, 3.05) is 0 Å². The van der Waals surface area contributed by atoms with E-state index in [9.17, 15) is 0 Å². The minimum absolute atomic E-state index is 0.551. The quantitative estimate of drug-likeness (QED) is 0.777. The van der Waals surface area contributed by atoms with Gasteiger partial charge in [0.25, 0.3) is 0 Å². The van der Waals surface area contributed by atoms with Crippen LogP contribution >= 0.6 is 0 Å². The van der Waals surface area contributed by atoms with Crippen LogP contribution in [0.4, 0.5) is 0 Å². The summed E-state index contributed by atoms with van der Waals surface area (Å²) in [4.78, 5) is 0. The summed E-state index contributed by atoms with van der Waals surface area (Å²) >= 11 is 0. The molecule has 76 valence electrons. The van der Waals surface area contributed by atoms with E-state index in [1.54, 1.807) is 0 Å². The highest BCUT2D eigenvalue weighted by molar-refractivity contribution is 5.31. The molecule has 0 radical (unpaired) electrons. The second-order valence-corrected chi connectivity index (χ2v) is 4.84.